The first-order valence-electron chi connectivity index (χ1n) is 7.14. The van der Waals surface area contributed by atoms with E-state index in [4.69, 9.17) is 16.6 Å². The minimum Gasteiger partial charge on any atom is -0.246 e. The van der Waals surface area contributed by atoms with Crippen LogP contribution in [-0.2, 0) is 18.3 Å². The number of benzene rings is 1. The van der Waals surface area contributed by atoms with Gasteiger partial charge in [0.05, 0.1) is 10.7 Å². The SMILES string of the molecule is CC(C)(C)c1csc(CC(CCl)Cc2ccc(Br)cc2)n1. The summed E-state index contributed by atoms with van der Waals surface area (Å²) in [7, 11) is 0. The number of hydrogen-bond donors (Lipinski definition) is 0. The van der Waals surface area contributed by atoms with Crippen molar-refractivity contribution in [2.75, 3.05) is 5.88 Å². The van der Waals surface area contributed by atoms with E-state index in [1.807, 2.05) is 0 Å². The van der Waals surface area contributed by atoms with E-state index in [-0.39, 0.29) is 5.41 Å². The summed E-state index contributed by atoms with van der Waals surface area (Å²) < 4.78 is 1.11. The highest BCUT2D eigenvalue weighted by Crippen LogP contribution is 2.26. The molecule has 0 spiro atoms. The van der Waals surface area contributed by atoms with Gasteiger partial charge in [0.15, 0.2) is 0 Å². The third-order valence-electron chi connectivity index (χ3n) is 3.44. The molecule has 0 aliphatic carbocycles. The molecule has 1 unspecified atom stereocenters. The van der Waals surface area contributed by atoms with E-state index in [9.17, 15) is 0 Å². The molecule has 1 nitrogen and oxygen atoms in total. The van der Waals surface area contributed by atoms with Crippen LogP contribution in [0.1, 0.15) is 37.0 Å². The normalized spacial score (nSPS) is 13.4. The van der Waals surface area contributed by atoms with Crippen LogP contribution in [0.5, 0.6) is 0 Å². The fourth-order valence-electron chi connectivity index (χ4n) is 2.13. The zero-order valence-electron chi connectivity index (χ0n) is 12.7. The van der Waals surface area contributed by atoms with Crippen molar-refractivity contribution in [3.63, 3.8) is 0 Å². The number of thiazole rings is 1. The largest absolute Gasteiger partial charge is 0.246 e. The molecule has 0 N–H and O–H groups in total. The number of hydrogen-bond acceptors (Lipinski definition) is 2. The second-order valence-corrected chi connectivity index (χ2v) is 8.60. The summed E-state index contributed by atoms with van der Waals surface area (Å²) in [5.74, 6) is 1.10. The van der Waals surface area contributed by atoms with Crippen molar-refractivity contribution >= 4 is 38.9 Å². The Morgan fingerprint density at radius 1 is 1.19 bits per heavy atom. The smallest absolute Gasteiger partial charge is 0.0931 e. The van der Waals surface area contributed by atoms with Gasteiger partial charge in [0.25, 0.3) is 0 Å². The summed E-state index contributed by atoms with van der Waals surface area (Å²) in [6.07, 6.45) is 1.96. The molecule has 0 aliphatic rings. The second-order valence-electron chi connectivity index (χ2n) is 6.43. The molecular weight excluding hydrogens is 366 g/mol. The number of aromatic nitrogens is 1. The van der Waals surface area contributed by atoms with Gasteiger partial charge in [0.1, 0.15) is 0 Å². The van der Waals surface area contributed by atoms with E-state index in [1.165, 1.54) is 16.3 Å². The monoisotopic (exact) mass is 385 g/mol. The van der Waals surface area contributed by atoms with Crippen LogP contribution in [0, 0.1) is 5.92 Å². The molecule has 1 aromatic carbocycles. The maximum Gasteiger partial charge on any atom is 0.0931 e. The minimum atomic E-state index is 0.122. The fraction of sp³-hybridized carbons (Fsp3) is 0.471. The van der Waals surface area contributed by atoms with Crippen LogP contribution in [0.2, 0.25) is 0 Å². The van der Waals surface area contributed by atoms with Crippen LogP contribution >= 0.6 is 38.9 Å². The van der Waals surface area contributed by atoms with Crippen LogP contribution in [-0.4, -0.2) is 10.9 Å². The molecule has 0 bridgehead atoms. The maximum absolute atomic E-state index is 6.16. The molecule has 2 aromatic rings. The van der Waals surface area contributed by atoms with E-state index < -0.39 is 0 Å². The van der Waals surface area contributed by atoms with Crippen molar-refractivity contribution in [1.82, 2.24) is 4.98 Å². The second kappa shape index (κ2) is 7.26. The molecule has 0 saturated heterocycles. The first-order chi connectivity index (χ1) is 9.88. The van der Waals surface area contributed by atoms with Gasteiger partial charge in [0, 0.05) is 27.6 Å². The Morgan fingerprint density at radius 3 is 2.38 bits per heavy atom. The first-order valence-corrected chi connectivity index (χ1v) is 9.34. The van der Waals surface area contributed by atoms with E-state index in [0.717, 1.165) is 17.3 Å². The highest BCUT2D eigenvalue weighted by molar-refractivity contribution is 9.10. The standard InChI is InChI=1S/C17H21BrClNS/c1-17(2,3)15-11-21-16(20-15)9-13(10-19)8-12-4-6-14(18)7-5-12/h4-7,11,13H,8-10H2,1-3H3. The van der Waals surface area contributed by atoms with Crippen molar-refractivity contribution in [1.29, 1.82) is 0 Å². The van der Waals surface area contributed by atoms with Crippen LogP contribution < -0.4 is 0 Å². The van der Waals surface area contributed by atoms with Gasteiger partial charge in [-0.3, -0.25) is 0 Å². The lowest BCUT2D eigenvalue weighted by molar-refractivity contribution is 0.556. The van der Waals surface area contributed by atoms with Gasteiger partial charge < -0.3 is 0 Å². The lowest BCUT2D eigenvalue weighted by atomic mass is 9.93. The Balaban J connectivity index is 2.02. The molecule has 4 heteroatoms. The quantitative estimate of drug-likeness (QED) is 0.588. The van der Waals surface area contributed by atoms with Crippen LogP contribution in [0.15, 0.2) is 34.1 Å². The van der Waals surface area contributed by atoms with Crippen molar-refractivity contribution in [3.8, 4) is 0 Å². The molecule has 0 fully saturated rings. The van der Waals surface area contributed by atoms with Crippen molar-refractivity contribution in [3.05, 3.63) is 50.4 Å². The average molecular weight is 387 g/mol. The predicted molar refractivity (Wildman–Crippen MR) is 96.6 cm³/mol. The Labute approximate surface area is 144 Å². The van der Waals surface area contributed by atoms with Crippen molar-refractivity contribution in [2.45, 2.75) is 39.0 Å². The van der Waals surface area contributed by atoms with Gasteiger partial charge in [-0.15, -0.1) is 22.9 Å². The summed E-state index contributed by atoms with van der Waals surface area (Å²) in [6, 6.07) is 8.49. The summed E-state index contributed by atoms with van der Waals surface area (Å²) >= 11 is 11.4. The van der Waals surface area contributed by atoms with E-state index in [2.05, 4.69) is 66.3 Å². The first kappa shape index (κ1) is 17.0. The van der Waals surface area contributed by atoms with Crippen LogP contribution in [0.25, 0.3) is 0 Å². The lowest BCUT2D eigenvalue weighted by Gasteiger charge is -2.15. The highest BCUT2D eigenvalue weighted by atomic mass is 79.9. The summed E-state index contributed by atoms with van der Waals surface area (Å²) in [5, 5.41) is 3.38. The van der Waals surface area contributed by atoms with Crippen LogP contribution in [0.4, 0.5) is 0 Å². The Hall–Kier alpha value is -0.380. The van der Waals surface area contributed by atoms with Gasteiger partial charge in [0.2, 0.25) is 0 Å². The van der Waals surface area contributed by atoms with Gasteiger partial charge >= 0.3 is 0 Å². The molecule has 0 saturated carbocycles. The molecule has 114 valence electrons. The molecule has 1 heterocycles. The molecule has 0 radical (unpaired) electrons. The lowest BCUT2D eigenvalue weighted by Crippen LogP contribution is -2.13. The fourth-order valence-corrected chi connectivity index (χ4v) is 3.75. The van der Waals surface area contributed by atoms with Crippen molar-refractivity contribution < 1.29 is 0 Å². The Kier molecular flexibility index (Phi) is 5.87. The summed E-state index contributed by atoms with van der Waals surface area (Å²) in [5.41, 5.74) is 2.63. The summed E-state index contributed by atoms with van der Waals surface area (Å²) in [6.45, 7) is 6.60. The topological polar surface area (TPSA) is 12.9 Å². The predicted octanol–water partition coefficient (Wildman–Crippen LogP) is 5.84. The molecule has 21 heavy (non-hydrogen) atoms. The molecular formula is C17H21BrClNS. The molecule has 2 rings (SSSR count). The Morgan fingerprint density at radius 2 is 1.86 bits per heavy atom. The third-order valence-corrected chi connectivity index (χ3v) is 5.28. The van der Waals surface area contributed by atoms with Gasteiger partial charge in [-0.2, -0.15) is 0 Å². The molecule has 0 amide bonds. The third kappa shape index (κ3) is 5.08. The molecule has 1 atom stereocenters. The van der Waals surface area contributed by atoms with E-state index in [0.29, 0.717) is 11.8 Å². The minimum absolute atomic E-state index is 0.122. The van der Waals surface area contributed by atoms with Gasteiger partial charge in [-0.1, -0.05) is 48.8 Å². The Bertz CT molecular complexity index is 571. The number of nitrogens with zero attached hydrogens (tertiary/aromatic N) is 1. The van der Waals surface area contributed by atoms with Crippen molar-refractivity contribution in [2.24, 2.45) is 5.92 Å². The van der Waals surface area contributed by atoms with E-state index in [1.54, 1.807) is 11.3 Å². The number of halogens is 2. The maximum atomic E-state index is 6.16. The molecule has 1 aromatic heterocycles. The molecule has 0 aliphatic heterocycles. The average Bonchev–Trinajstić information content (AvgIpc) is 2.89. The highest BCUT2D eigenvalue weighted by Gasteiger charge is 2.19. The summed E-state index contributed by atoms with van der Waals surface area (Å²) in [4.78, 5) is 4.78. The van der Waals surface area contributed by atoms with E-state index >= 15 is 0 Å². The zero-order valence-corrected chi connectivity index (χ0v) is 15.9. The number of alkyl halides is 1. The number of rotatable bonds is 5. The van der Waals surface area contributed by atoms with Gasteiger partial charge in [-0.05, 0) is 30.0 Å². The zero-order chi connectivity index (χ0) is 15.5. The van der Waals surface area contributed by atoms with Crippen LogP contribution in [0.3, 0.4) is 0 Å². The van der Waals surface area contributed by atoms with Gasteiger partial charge in [-0.25, -0.2) is 4.98 Å².